The minimum absolute atomic E-state index is 0.0161. The summed E-state index contributed by atoms with van der Waals surface area (Å²) in [7, 11) is 0. The maximum Gasteiger partial charge on any atom is 0.326 e. The number of aromatic nitrogens is 4. The molecule has 1 heterocycles. The lowest BCUT2D eigenvalue weighted by Crippen LogP contribution is -2.42. The molecule has 0 aliphatic heterocycles. The van der Waals surface area contributed by atoms with Crippen LogP contribution < -0.4 is 10.1 Å². The molecule has 0 saturated heterocycles. The Bertz CT molecular complexity index is 752. The van der Waals surface area contributed by atoms with E-state index >= 15 is 0 Å². The third-order valence-corrected chi connectivity index (χ3v) is 3.88. The summed E-state index contributed by atoms with van der Waals surface area (Å²) >= 11 is 6.01. The fourth-order valence-corrected chi connectivity index (χ4v) is 2.39. The van der Waals surface area contributed by atoms with Crippen molar-refractivity contribution >= 4 is 23.5 Å². The van der Waals surface area contributed by atoms with Gasteiger partial charge in [-0.1, -0.05) is 43.5 Å². The third-order valence-electron chi connectivity index (χ3n) is 3.57. The molecule has 0 aliphatic carbocycles. The van der Waals surface area contributed by atoms with Gasteiger partial charge in [-0.25, -0.2) is 9.48 Å². The minimum Gasteiger partial charge on any atom is -0.484 e. The van der Waals surface area contributed by atoms with E-state index in [1.54, 1.807) is 24.3 Å². The molecule has 1 amide bonds. The first-order valence-corrected chi connectivity index (χ1v) is 8.53. The number of tetrazole rings is 1. The van der Waals surface area contributed by atoms with Crippen molar-refractivity contribution in [2.24, 2.45) is 0 Å². The number of ether oxygens (including phenoxy) is 1. The van der Waals surface area contributed by atoms with E-state index in [-0.39, 0.29) is 13.2 Å². The molecular formula is C16H20ClN5O4. The van der Waals surface area contributed by atoms with Crippen LogP contribution in [0.1, 0.15) is 32.0 Å². The molecule has 140 valence electrons. The van der Waals surface area contributed by atoms with Crippen LogP contribution in [0, 0.1) is 0 Å². The Kier molecular flexibility index (Phi) is 7.34. The molecule has 10 heteroatoms. The topological polar surface area (TPSA) is 119 Å². The fraction of sp³-hybridized carbons (Fsp3) is 0.438. The van der Waals surface area contributed by atoms with Crippen molar-refractivity contribution in [3.63, 3.8) is 0 Å². The molecule has 26 heavy (non-hydrogen) atoms. The molecule has 1 unspecified atom stereocenters. The number of carbonyl (C=O) groups excluding carboxylic acids is 1. The largest absolute Gasteiger partial charge is 0.484 e. The van der Waals surface area contributed by atoms with Gasteiger partial charge in [0.25, 0.3) is 0 Å². The Morgan fingerprint density at radius 1 is 1.38 bits per heavy atom. The van der Waals surface area contributed by atoms with Crippen molar-refractivity contribution < 1.29 is 19.4 Å². The van der Waals surface area contributed by atoms with Crippen LogP contribution in [0.2, 0.25) is 5.02 Å². The summed E-state index contributed by atoms with van der Waals surface area (Å²) < 4.78 is 6.81. The summed E-state index contributed by atoms with van der Waals surface area (Å²) in [5.41, 5.74) is 0. The highest BCUT2D eigenvalue weighted by molar-refractivity contribution is 6.32. The molecule has 2 N–H and O–H groups in total. The summed E-state index contributed by atoms with van der Waals surface area (Å²) in [4.78, 5) is 23.3. The molecule has 9 nitrogen and oxygen atoms in total. The molecule has 1 aromatic heterocycles. The van der Waals surface area contributed by atoms with Gasteiger partial charge in [0.2, 0.25) is 5.91 Å². The number of carboxylic acids is 1. The van der Waals surface area contributed by atoms with Crippen molar-refractivity contribution in [3.8, 4) is 5.75 Å². The van der Waals surface area contributed by atoms with Crippen LogP contribution in [0.15, 0.2) is 24.3 Å². The number of hydrogen-bond donors (Lipinski definition) is 2. The molecular weight excluding hydrogens is 362 g/mol. The van der Waals surface area contributed by atoms with Crippen LogP contribution in [0.5, 0.6) is 5.75 Å². The summed E-state index contributed by atoms with van der Waals surface area (Å²) in [6, 6.07) is 6.02. The highest BCUT2D eigenvalue weighted by Crippen LogP contribution is 2.23. The molecule has 1 aromatic carbocycles. The number of carbonyl (C=O) groups is 2. The van der Waals surface area contributed by atoms with Gasteiger partial charge >= 0.3 is 5.97 Å². The van der Waals surface area contributed by atoms with Crippen LogP contribution >= 0.6 is 11.6 Å². The lowest BCUT2D eigenvalue weighted by Gasteiger charge is -2.14. The highest BCUT2D eigenvalue weighted by atomic mass is 35.5. The van der Waals surface area contributed by atoms with Gasteiger partial charge < -0.3 is 15.2 Å². The number of nitrogens with one attached hydrogen (secondary N) is 1. The van der Waals surface area contributed by atoms with Gasteiger partial charge in [0, 0.05) is 0 Å². The van der Waals surface area contributed by atoms with E-state index in [0.29, 0.717) is 29.4 Å². The van der Waals surface area contributed by atoms with Gasteiger partial charge in [0.1, 0.15) is 24.9 Å². The van der Waals surface area contributed by atoms with Crippen molar-refractivity contribution in [2.45, 2.75) is 45.4 Å². The zero-order valence-electron chi connectivity index (χ0n) is 14.3. The maximum atomic E-state index is 12.1. The number of halogens is 1. The summed E-state index contributed by atoms with van der Waals surface area (Å²) in [6.07, 6.45) is 1.92. The van der Waals surface area contributed by atoms with Gasteiger partial charge in [0.15, 0.2) is 5.82 Å². The van der Waals surface area contributed by atoms with Gasteiger partial charge in [0.05, 0.1) is 5.02 Å². The van der Waals surface area contributed by atoms with Crippen molar-refractivity contribution in [2.75, 3.05) is 0 Å². The van der Waals surface area contributed by atoms with Gasteiger partial charge in [-0.2, -0.15) is 0 Å². The summed E-state index contributed by atoms with van der Waals surface area (Å²) in [5.74, 6) is -0.759. The van der Waals surface area contributed by atoms with Gasteiger partial charge in [-0.05, 0) is 29.0 Å². The third kappa shape index (κ3) is 5.69. The molecule has 0 saturated carbocycles. The molecule has 1 atom stereocenters. The second kappa shape index (κ2) is 9.71. The monoisotopic (exact) mass is 381 g/mol. The summed E-state index contributed by atoms with van der Waals surface area (Å²) in [5, 5.41) is 23.2. The highest BCUT2D eigenvalue weighted by Gasteiger charge is 2.20. The number of aliphatic carboxylic acids is 1. The van der Waals surface area contributed by atoms with Crippen LogP contribution in [-0.4, -0.2) is 43.2 Å². The SMILES string of the molecule is CCCCC(NC(=O)Cn1nnnc1COc1ccccc1Cl)C(=O)O. The predicted octanol–water partition coefficient (Wildman–Crippen LogP) is 1.67. The predicted molar refractivity (Wildman–Crippen MR) is 92.7 cm³/mol. The zero-order valence-corrected chi connectivity index (χ0v) is 15.0. The summed E-state index contributed by atoms with van der Waals surface area (Å²) in [6.45, 7) is 1.76. The number of rotatable bonds is 10. The number of carboxylic acid groups (broad SMARTS) is 1. The Morgan fingerprint density at radius 3 is 2.85 bits per heavy atom. The van der Waals surface area contributed by atoms with Crippen molar-refractivity contribution in [1.82, 2.24) is 25.5 Å². The molecule has 2 rings (SSSR count). The smallest absolute Gasteiger partial charge is 0.326 e. The Morgan fingerprint density at radius 2 is 2.15 bits per heavy atom. The maximum absolute atomic E-state index is 12.1. The normalized spacial score (nSPS) is 11.8. The quantitative estimate of drug-likeness (QED) is 0.642. The van der Waals surface area contributed by atoms with E-state index in [0.717, 1.165) is 6.42 Å². The van der Waals surface area contributed by atoms with E-state index in [4.69, 9.17) is 16.3 Å². The number of hydrogen-bond acceptors (Lipinski definition) is 6. The number of para-hydroxylation sites is 1. The molecule has 0 radical (unpaired) electrons. The first-order chi connectivity index (χ1) is 12.5. The first-order valence-electron chi connectivity index (χ1n) is 8.15. The van der Waals surface area contributed by atoms with Gasteiger partial charge in [-0.3, -0.25) is 4.79 Å². The van der Waals surface area contributed by atoms with Crippen LogP contribution in [0.4, 0.5) is 0 Å². The van der Waals surface area contributed by atoms with E-state index in [2.05, 4.69) is 20.8 Å². The Hall–Kier alpha value is -2.68. The number of amides is 1. The number of benzene rings is 1. The Labute approximate surface area is 155 Å². The van der Waals surface area contributed by atoms with Gasteiger partial charge in [-0.15, -0.1) is 5.10 Å². The molecule has 0 bridgehead atoms. The van der Waals surface area contributed by atoms with E-state index < -0.39 is 17.9 Å². The molecule has 2 aromatic rings. The zero-order chi connectivity index (χ0) is 18.9. The fourth-order valence-electron chi connectivity index (χ4n) is 2.20. The average molecular weight is 382 g/mol. The van der Waals surface area contributed by atoms with E-state index in [1.807, 2.05) is 6.92 Å². The standard InChI is InChI=1S/C16H20ClN5O4/c1-2-3-7-12(16(24)25)18-15(23)9-22-14(19-20-21-22)10-26-13-8-5-4-6-11(13)17/h4-6,8,12H,2-3,7,9-10H2,1H3,(H,18,23)(H,24,25). The Balaban J connectivity index is 1.94. The second-order valence-electron chi connectivity index (χ2n) is 5.57. The molecule has 0 spiro atoms. The number of unbranched alkanes of at least 4 members (excludes halogenated alkanes) is 1. The minimum atomic E-state index is -1.06. The first kappa shape index (κ1) is 19.6. The van der Waals surface area contributed by atoms with Crippen LogP contribution in [0.3, 0.4) is 0 Å². The molecule has 0 aliphatic rings. The number of nitrogens with zero attached hydrogens (tertiary/aromatic N) is 4. The van der Waals surface area contributed by atoms with Crippen LogP contribution in [-0.2, 0) is 22.7 Å². The lowest BCUT2D eigenvalue weighted by molar-refractivity contribution is -0.142. The van der Waals surface area contributed by atoms with Crippen LogP contribution in [0.25, 0.3) is 0 Å². The van der Waals surface area contributed by atoms with Crippen molar-refractivity contribution in [3.05, 3.63) is 35.1 Å². The lowest BCUT2D eigenvalue weighted by atomic mass is 10.1. The van der Waals surface area contributed by atoms with E-state index in [9.17, 15) is 14.7 Å². The second-order valence-corrected chi connectivity index (χ2v) is 5.98. The van der Waals surface area contributed by atoms with Crippen molar-refractivity contribution in [1.29, 1.82) is 0 Å². The van der Waals surface area contributed by atoms with E-state index in [1.165, 1.54) is 4.68 Å². The molecule has 0 fully saturated rings. The average Bonchev–Trinajstić information content (AvgIpc) is 3.04.